The summed E-state index contributed by atoms with van der Waals surface area (Å²) in [5, 5.41) is 15.1. The second kappa shape index (κ2) is 10.4. The Hall–Kier alpha value is -3.60. The molecule has 0 aliphatic heterocycles. The van der Waals surface area contributed by atoms with Gasteiger partial charge in [0.25, 0.3) is 10.0 Å². The van der Waals surface area contributed by atoms with Crippen molar-refractivity contribution in [2.75, 3.05) is 19.5 Å². The number of nitrogens with one attached hydrogen (secondary N) is 2. The molecule has 0 heterocycles. The highest BCUT2D eigenvalue weighted by atomic mass is 32.2. The molecule has 0 unspecified atom stereocenters. The topological polar surface area (TPSA) is 143 Å². The number of anilines is 1. The number of hydrogen-bond acceptors (Lipinski definition) is 7. The molecule has 31 heavy (non-hydrogen) atoms. The monoisotopic (exact) mass is 449 g/mol. The zero-order valence-corrected chi connectivity index (χ0v) is 18.0. The molecule has 2 aromatic rings. The van der Waals surface area contributed by atoms with Crippen LogP contribution < -0.4 is 19.6 Å². The maximum atomic E-state index is 12.7. The Labute approximate surface area is 179 Å². The summed E-state index contributed by atoms with van der Waals surface area (Å²) in [6.45, 7) is 1.62. The molecule has 0 radical (unpaired) electrons. The number of ether oxygens (including phenoxy) is 2. The molecule has 0 aliphatic carbocycles. The van der Waals surface area contributed by atoms with Gasteiger partial charge in [0.15, 0.2) is 0 Å². The molecule has 1 amide bonds. The number of benzene rings is 2. The van der Waals surface area contributed by atoms with Crippen LogP contribution in [0, 0.1) is 0 Å². The maximum absolute atomic E-state index is 12.7. The standard InChI is InChI=1S/C20H23N3O7S/c1-13(14-4-6-15(7-5-14)21-19(24)10-11-20(25)26)22-23-31(27,28)18-12-16(29-2)8-9-17(18)30-3/h4-9,12,23H,10-11H2,1-3H3,(H,21,24)(H,25,26)/b22-13+. The van der Waals surface area contributed by atoms with E-state index in [4.69, 9.17) is 14.6 Å². The van der Waals surface area contributed by atoms with Crippen LogP contribution in [-0.4, -0.2) is 45.3 Å². The van der Waals surface area contributed by atoms with E-state index in [2.05, 4.69) is 15.2 Å². The van der Waals surface area contributed by atoms with Gasteiger partial charge in [0, 0.05) is 18.2 Å². The smallest absolute Gasteiger partial charge is 0.303 e. The predicted octanol–water partition coefficient (Wildman–Crippen LogP) is 2.21. The van der Waals surface area contributed by atoms with Gasteiger partial charge in [0.1, 0.15) is 16.4 Å². The number of nitrogens with zero attached hydrogens (tertiary/aromatic N) is 1. The quantitative estimate of drug-likeness (QED) is 0.373. The summed E-state index contributed by atoms with van der Waals surface area (Å²) >= 11 is 0. The van der Waals surface area contributed by atoms with E-state index >= 15 is 0 Å². The fourth-order valence-corrected chi connectivity index (χ4v) is 3.52. The number of hydrazone groups is 1. The SMILES string of the molecule is COc1ccc(OC)c(S(=O)(=O)N/N=C(\C)c2ccc(NC(=O)CCC(=O)O)cc2)c1. The van der Waals surface area contributed by atoms with E-state index in [-0.39, 0.29) is 23.5 Å². The number of carbonyl (C=O) groups excluding carboxylic acids is 1. The molecule has 0 saturated heterocycles. The first-order valence-corrected chi connectivity index (χ1v) is 10.5. The molecule has 0 fully saturated rings. The van der Waals surface area contributed by atoms with Gasteiger partial charge in [-0.05, 0) is 36.8 Å². The average Bonchev–Trinajstić information content (AvgIpc) is 2.76. The Kier molecular flexibility index (Phi) is 7.97. The largest absolute Gasteiger partial charge is 0.497 e. The lowest BCUT2D eigenvalue weighted by Gasteiger charge is -2.11. The number of aliphatic carboxylic acids is 1. The number of amides is 1. The van der Waals surface area contributed by atoms with Crippen molar-refractivity contribution in [3.63, 3.8) is 0 Å². The Morgan fingerprint density at radius 1 is 1.03 bits per heavy atom. The molecule has 0 saturated carbocycles. The summed E-state index contributed by atoms with van der Waals surface area (Å²) in [5.74, 6) is -0.973. The Morgan fingerprint density at radius 3 is 2.29 bits per heavy atom. The van der Waals surface area contributed by atoms with E-state index in [1.807, 2.05) is 0 Å². The van der Waals surface area contributed by atoms with Gasteiger partial charge in [-0.1, -0.05) is 12.1 Å². The lowest BCUT2D eigenvalue weighted by atomic mass is 10.1. The highest BCUT2D eigenvalue weighted by Gasteiger charge is 2.20. The van der Waals surface area contributed by atoms with E-state index in [1.165, 1.54) is 26.4 Å². The summed E-state index contributed by atoms with van der Waals surface area (Å²) in [7, 11) is -1.24. The van der Waals surface area contributed by atoms with Crippen LogP contribution in [0.5, 0.6) is 11.5 Å². The molecule has 0 aliphatic rings. The van der Waals surface area contributed by atoms with E-state index in [0.29, 0.717) is 22.7 Å². The molecule has 2 rings (SSSR count). The third-order valence-corrected chi connectivity index (χ3v) is 5.38. The zero-order chi connectivity index (χ0) is 23.0. The number of methoxy groups -OCH3 is 2. The third-order valence-electron chi connectivity index (χ3n) is 4.15. The molecule has 10 nitrogen and oxygen atoms in total. The first kappa shape index (κ1) is 23.7. The van der Waals surface area contributed by atoms with Crippen molar-refractivity contribution < 1.29 is 32.6 Å². The zero-order valence-electron chi connectivity index (χ0n) is 17.2. The number of hydrogen-bond donors (Lipinski definition) is 3. The van der Waals surface area contributed by atoms with Gasteiger partial charge in [0.05, 0.1) is 26.4 Å². The summed E-state index contributed by atoms with van der Waals surface area (Å²) in [6.07, 6.45) is -0.388. The van der Waals surface area contributed by atoms with Crippen molar-refractivity contribution in [1.82, 2.24) is 4.83 Å². The Balaban J connectivity index is 2.11. The summed E-state index contributed by atoms with van der Waals surface area (Å²) < 4.78 is 35.5. The van der Waals surface area contributed by atoms with Crippen molar-refractivity contribution in [2.45, 2.75) is 24.7 Å². The van der Waals surface area contributed by atoms with Crippen molar-refractivity contribution in [1.29, 1.82) is 0 Å². The second-order valence-electron chi connectivity index (χ2n) is 6.33. The molecule has 2 aromatic carbocycles. The van der Waals surface area contributed by atoms with Crippen LogP contribution in [0.15, 0.2) is 52.5 Å². The highest BCUT2D eigenvalue weighted by molar-refractivity contribution is 7.89. The lowest BCUT2D eigenvalue weighted by molar-refractivity contribution is -0.138. The first-order valence-electron chi connectivity index (χ1n) is 9.06. The van der Waals surface area contributed by atoms with Crippen LogP contribution in [0.4, 0.5) is 5.69 Å². The molecular weight excluding hydrogens is 426 g/mol. The highest BCUT2D eigenvalue weighted by Crippen LogP contribution is 2.28. The number of rotatable bonds is 10. The van der Waals surface area contributed by atoms with Gasteiger partial charge < -0.3 is 19.9 Å². The maximum Gasteiger partial charge on any atom is 0.303 e. The number of carbonyl (C=O) groups is 2. The molecule has 0 atom stereocenters. The lowest BCUT2D eigenvalue weighted by Crippen LogP contribution is -2.20. The second-order valence-corrected chi connectivity index (χ2v) is 7.96. The fraction of sp³-hybridized carbons (Fsp3) is 0.250. The Morgan fingerprint density at radius 2 is 1.71 bits per heavy atom. The summed E-state index contributed by atoms with van der Waals surface area (Å²) in [5.41, 5.74) is 1.48. The van der Waals surface area contributed by atoms with Crippen LogP contribution in [0.1, 0.15) is 25.3 Å². The van der Waals surface area contributed by atoms with Gasteiger partial charge >= 0.3 is 5.97 Å². The van der Waals surface area contributed by atoms with Gasteiger partial charge in [-0.3, -0.25) is 9.59 Å². The van der Waals surface area contributed by atoms with Crippen LogP contribution in [-0.2, 0) is 19.6 Å². The fourth-order valence-electron chi connectivity index (χ4n) is 2.48. The van der Waals surface area contributed by atoms with E-state index in [1.54, 1.807) is 37.3 Å². The Bertz CT molecular complexity index is 1080. The normalized spacial score (nSPS) is 11.5. The van der Waals surface area contributed by atoms with Crippen molar-refractivity contribution in [3.05, 3.63) is 48.0 Å². The van der Waals surface area contributed by atoms with Gasteiger partial charge in [-0.2, -0.15) is 18.4 Å². The molecule has 11 heteroatoms. The molecule has 0 spiro atoms. The van der Waals surface area contributed by atoms with Gasteiger partial charge in [-0.15, -0.1) is 0 Å². The average molecular weight is 449 g/mol. The van der Waals surface area contributed by atoms with Crippen LogP contribution in [0.2, 0.25) is 0 Å². The predicted molar refractivity (Wildman–Crippen MR) is 114 cm³/mol. The van der Waals surface area contributed by atoms with E-state index in [9.17, 15) is 18.0 Å². The van der Waals surface area contributed by atoms with Crippen molar-refractivity contribution >= 4 is 33.3 Å². The molecule has 166 valence electrons. The van der Waals surface area contributed by atoms with E-state index in [0.717, 1.165) is 0 Å². The molecular formula is C20H23N3O7S. The number of carboxylic acids is 1. The first-order chi connectivity index (χ1) is 14.7. The van der Waals surface area contributed by atoms with Gasteiger partial charge in [-0.25, -0.2) is 0 Å². The minimum atomic E-state index is -4.02. The number of sulfonamides is 1. The number of carboxylic acid groups (broad SMARTS) is 1. The van der Waals surface area contributed by atoms with Crippen molar-refractivity contribution in [2.24, 2.45) is 5.10 Å². The summed E-state index contributed by atoms with van der Waals surface area (Å²) in [6, 6.07) is 10.9. The van der Waals surface area contributed by atoms with Crippen LogP contribution >= 0.6 is 0 Å². The van der Waals surface area contributed by atoms with Crippen LogP contribution in [0.25, 0.3) is 0 Å². The van der Waals surface area contributed by atoms with E-state index < -0.39 is 21.9 Å². The molecule has 0 aromatic heterocycles. The molecule has 3 N–H and O–H groups in total. The minimum absolute atomic E-state index is 0.120. The van der Waals surface area contributed by atoms with Gasteiger partial charge in [0.2, 0.25) is 5.91 Å². The van der Waals surface area contributed by atoms with Crippen molar-refractivity contribution in [3.8, 4) is 11.5 Å². The summed E-state index contributed by atoms with van der Waals surface area (Å²) in [4.78, 5) is 24.3. The minimum Gasteiger partial charge on any atom is -0.497 e. The van der Waals surface area contributed by atoms with Crippen LogP contribution in [0.3, 0.4) is 0 Å². The molecule has 0 bridgehead atoms. The third kappa shape index (κ3) is 6.71.